The number of carboxylic acids is 1. The van der Waals surface area contributed by atoms with Crippen LogP contribution in [-0.4, -0.2) is 22.1 Å². The third-order valence-corrected chi connectivity index (χ3v) is 3.01. The Balaban J connectivity index is 2.36. The Morgan fingerprint density at radius 2 is 1.90 bits per heavy atom. The second-order valence-corrected chi connectivity index (χ2v) is 4.50. The average molecular weight is 310 g/mol. The van der Waals surface area contributed by atoms with Gasteiger partial charge in [0.1, 0.15) is 17.1 Å². The molecule has 0 heterocycles. The molecule has 0 spiro atoms. The third kappa shape index (κ3) is 3.11. The highest BCUT2D eigenvalue weighted by Gasteiger charge is 2.18. The number of anilines is 1. The predicted octanol–water partition coefficient (Wildman–Crippen LogP) is 3.14. The number of carbonyl (C=O) groups excluding carboxylic acids is 1. The van der Waals surface area contributed by atoms with Crippen molar-refractivity contribution in [3.63, 3.8) is 0 Å². The van der Waals surface area contributed by atoms with E-state index in [1.807, 2.05) is 0 Å². The van der Waals surface area contributed by atoms with Crippen LogP contribution in [0, 0.1) is 5.82 Å². The van der Waals surface area contributed by atoms with Gasteiger partial charge in [0, 0.05) is 0 Å². The van der Waals surface area contributed by atoms with E-state index in [2.05, 4.69) is 5.32 Å². The van der Waals surface area contributed by atoms with Crippen molar-refractivity contribution in [1.29, 1.82) is 0 Å². The third-order valence-electron chi connectivity index (χ3n) is 2.68. The Morgan fingerprint density at radius 1 is 1.19 bits per heavy atom. The molecule has 3 N–H and O–H groups in total. The van der Waals surface area contributed by atoms with Crippen LogP contribution in [0.5, 0.6) is 5.75 Å². The fraction of sp³-hybridized carbons (Fsp3) is 0. The molecule has 0 saturated heterocycles. The molecule has 2 aromatic carbocycles. The van der Waals surface area contributed by atoms with Crippen LogP contribution in [0.15, 0.2) is 36.4 Å². The smallest absolute Gasteiger partial charge is 0.335 e. The number of nitrogens with one attached hydrogen (secondary N) is 1. The molecule has 2 aromatic rings. The van der Waals surface area contributed by atoms with Gasteiger partial charge >= 0.3 is 5.97 Å². The summed E-state index contributed by atoms with van der Waals surface area (Å²) >= 11 is 5.85. The number of rotatable bonds is 3. The zero-order valence-electron chi connectivity index (χ0n) is 10.4. The molecule has 0 aliphatic rings. The number of hydrogen-bond donors (Lipinski definition) is 3. The summed E-state index contributed by atoms with van der Waals surface area (Å²) in [6, 6.07) is 7.12. The number of carboxylic acid groups (broad SMARTS) is 1. The molecule has 0 saturated carbocycles. The van der Waals surface area contributed by atoms with Crippen molar-refractivity contribution in [3.05, 3.63) is 58.4 Å². The van der Waals surface area contributed by atoms with E-state index < -0.39 is 29.0 Å². The molecule has 7 heteroatoms. The highest BCUT2D eigenvalue weighted by atomic mass is 35.5. The lowest BCUT2D eigenvalue weighted by atomic mass is 10.1. The molecular weight excluding hydrogens is 301 g/mol. The van der Waals surface area contributed by atoms with Crippen molar-refractivity contribution < 1.29 is 24.2 Å². The van der Waals surface area contributed by atoms with Gasteiger partial charge in [-0.15, -0.1) is 0 Å². The van der Waals surface area contributed by atoms with Crippen molar-refractivity contribution >= 4 is 29.2 Å². The van der Waals surface area contributed by atoms with Crippen molar-refractivity contribution in [2.24, 2.45) is 0 Å². The van der Waals surface area contributed by atoms with Crippen molar-refractivity contribution in [2.75, 3.05) is 5.32 Å². The van der Waals surface area contributed by atoms with Crippen LogP contribution in [0.4, 0.5) is 10.1 Å². The summed E-state index contributed by atoms with van der Waals surface area (Å²) in [4.78, 5) is 22.8. The molecule has 0 bridgehead atoms. The monoisotopic (exact) mass is 309 g/mol. The molecule has 0 aliphatic heterocycles. The predicted molar refractivity (Wildman–Crippen MR) is 74.4 cm³/mol. The molecule has 0 radical (unpaired) electrons. The minimum Gasteiger partial charge on any atom is -0.507 e. The molecule has 108 valence electrons. The topological polar surface area (TPSA) is 86.6 Å². The molecule has 0 aliphatic carbocycles. The molecule has 21 heavy (non-hydrogen) atoms. The highest BCUT2D eigenvalue weighted by molar-refractivity contribution is 6.34. The van der Waals surface area contributed by atoms with Crippen LogP contribution < -0.4 is 5.32 Å². The van der Waals surface area contributed by atoms with Crippen molar-refractivity contribution in [2.45, 2.75) is 0 Å². The quantitative estimate of drug-likeness (QED) is 0.813. The van der Waals surface area contributed by atoms with Gasteiger partial charge in [-0.05, 0) is 30.3 Å². The van der Waals surface area contributed by atoms with E-state index in [1.54, 1.807) is 0 Å². The van der Waals surface area contributed by atoms with Crippen LogP contribution in [0.1, 0.15) is 20.7 Å². The normalized spacial score (nSPS) is 10.2. The van der Waals surface area contributed by atoms with Crippen LogP contribution in [0.25, 0.3) is 0 Å². The molecule has 1 amide bonds. The van der Waals surface area contributed by atoms with Crippen LogP contribution in [0.3, 0.4) is 0 Å². The Labute approximate surface area is 123 Å². The number of amides is 1. The summed E-state index contributed by atoms with van der Waals surface area (Å²) in [5.74, 6) is -3.57. The van der Waals surface area contributed by atoms with Gasteiger partial charge in [-0.1, -0.05) is 17.7 Å². The Bertz CT molecular complexity index is 713. The fourth-order valence-electron chi connectivity index (χ4n) is 1.68. The van der Waals surface area contributed by atoms with E-state index in [0.29, 0.717) is 0 Å². The second-order valence-electron chi connectivity index (χ2n) is 4.09. The Hall–Kier alpha value is -2.60. The molecule has 0 fully saturated rings. The van der Waals surface area contributed by atoms with E-state index in [1.165, 1.54) is 18.2 Å². The zero-order valence-corrected chi connectivity index (χ0v) is 11.2. The fourth-order valence-corrected chi connectivity index (χ4v) is 1.84. The summed E-state index contributed by atoms with van der Waals surface area (Å²) in [7, 11) is 0. The van der Waals surface area contributed by atoms with Gasteiger partial charge in [-0.2, -0.15) is 0 Å². The standard InChI is InChI=1S/C14H9ClFNO4/c15-8-5-4-7(14(20)21)6-10(8)17-13(19)12-9(16)2-1-3-11(12)18/h1-6,18H,(H,17,19)(H,20,21). The first-order valence-corrected chi connectivity index (χ1v) is 6.09. The SMILES string of the molecule is O=C(O)c1ccc(Cl)c(NC(=O)c2c(O)cccc2F)c1. The van der Waals surface area contributed by atoms with E-state index in [0.717, 1.165) is 18.2 Å². The van der Waals surface area contributed by atoms with E-state index >= 15 is 0 Å². The maximum atomic E-state index is 13.6. The molecule has 5 nitrogen and oxygen atoms in total. The lowest BCUT2D eigenvalue weighted by molar-refractivity contribution is 0.0696. The molecular formula is C14H9ClFNO4. The lowest BCUT2D eigenvalue weighted by Gasteiger charge is -2.10. The maximum absolute atomic E-state index is 13.6. The number of aromatic carboxylic acids is 1. The Kier molecular flexibility index (Phi) is 4.09. The number of phenols is 1. The second kappa shape index (κ2) is 5.80. The van der Waals surface area contributed by atoms with Crippen molar-refractivity contribution in [1.82, 2.24) is 0 Å². The van der Waals surface area contributed by atoms with Crippen LogP contribution >= 0.6 is 11.6 Å². The number of halogens is 2. The first-order valence-electron chi connectivity index (χ1n) is 5.72. The largest absolute Gasteiger partial charge is 0.507 e. The Morgan fingerprint density at radius 3 is 2.52 bits per heavy atom. The molecule has 2 rings (SSSR count). The molecule has 0 atom stereocenters. The van der Waals surface area contributed by atoms with Gasteiger partial charge in [0.05, 0.1) is 16.3 Å². The summed E-state index contributed by atoms with van der Waals surface area (Å²) in [5, 5.41) is 20.8. The van der Waals surface area contributed by atoms with Gasteiger partial charge in [0.25, 0.3) is 5.91 Å². The lowest BCUT2D eigenvalue weighted by Crippen LogP contribution is -2.14. The van der Waals surface area contributed by atoms with Gasteiger partial charge in [-0.25, -0.2) is 9.18 Å². The maximum Gasteiger partial charge on any atom is 0.335 e. The van der Waals surface area contributed by atoms with E-state index in [4.69, 9.17) is 16.7 Å². The zero-order chi connectivity index (χ0) is 15.6. The first kappa shape index (κ1) is 14.8. The van der Waals surface area contributed by atoms with Crippen LogP contribution in [0.2, 0.25) is 5.02 Å². The minimum absolute atomic E-state index is 0.00391. The number of hydrogen-bond acceptors (Lipinski definition) is 3. The summed E-state index contributed by atoms with van der Waals surface area (Å²) < 4.78 is 13.6. The highest BCUT2D eigenvalue weighted by Crippen LogP contribution is 2.26. The minimum atomic E-state index is -1.20. The summed E-state index contributed by atoms with van der Waals surface area (Å²) in [5.41, 5.74) is -0.633. The molecule has 0 aromatic heterocycles. The summed E-state index contributed by atoms with van der Waals surface area (Å²) in [6.07, 6.45) is 0. The van der Waals surface area contributed by atoms with E-state index in [-0.39, 0.29) is 16.3 Å². The first-order chi connectivity index (χ1) is 9.90. The number of phenolic OH excluding ortho intramolecular Hbond substituents is 1. The van der Waals surface area contributed by atoms with Gasteiger partial charge in [-0.3, -0.25) is 4.79 Å². The molecule has 0 unspecified atom stereocenters. The van der Waals surface area contributed by atoms with Crippen molar-refractivity contribution in [3.8, 4) is 5.75 Å². The number of aromatic hydroxyl groups is 1. The van der Waals surface area contributed by atoms with E-state index in [9.17, 15) is 19.1 Å². The average Bonchev–Trinajstić information content (AvgIpc) is 2.40. The van der Waals surface area contributed by atoms with Gasteiger partial charge in [0.2, 0.25) is 0 Å². The van der Waals surface area contributed by atoms with Gasteiger partial charge in [0.15, 0.2) is 0 Å². The van der Waals surface area contributed by atoms with Gasteiger partial charge < -0.3 is 15.5 Å². The number of benzene rings is 2. The number of carbonyl (C=O) groups is 2. The summed E-state index contributed by atoms with van der Waals surface area (Å²) in [6.45, 7) is 0. The van der Waals surface area contributed by atoms with Crippen LogP contribution in [-0.2, 0) is 0 Å².